The Morgan fingerprint density at radius 2 is 1.55 bits per heavy atom. The number of hydrogen-bond acceptors (Lipinski definition) is 2. The van der Waals surface area contributed by atoms with Gasteiger partial charge in [-0.2, -0.15) is 0 Å². The summed E-state index contributed by atoms with van der Waals surface area (Å²) in [5, 5.41) is 20.9. The van der Waals surface area contributed by atoms with Crippen LogP contribution >= 0.6 is 0 Å². The maximum atomic E-state index is 12.2. The van der Waals surface area contributed by atoms with E-state index in [4.69, 9.17) is 0 Å². The third kappa shape index (κ3) is 2.87. The summed E-state index contributed by atoms with van der Waals surface area (Å²) in [6.45, 7) is 16.8. The number of fused-ring (bicyclic) bond motifs is 7. The van der Waals surface area contributed by atoms with Gasteiger partial charge in [0.25, 0.3) is 0 Å². The van der Waals surface area contributed by atoms with Gasteiger partial charge in [-0.25, -0.2) is 0 Å². The van der Waals surface area contributed by atoms with E-state index in [1.807, 2.05) is 6.92 Å². The van der Waals surface area contributed by atoms with Crippen molar-refractivity contribution >= 4 is 5.97 Å². The van der Waals surface area contributed by atoms with Crippen LogP contribution in [0.4, 0.5) is 0 Å². The van der Waals surface area contributed by atoms with Crippen LogP contribution in [0.25, 0.3) is 0 Å². The van der Waals surface area contributed by atoms with Crippen LogP contribution in [0.3, 0.4) is 0 Å². The highest BCUT2D eigenvalue weighted by Crippen LogP contribution is 2.75. The van der Waals surface area contributed by atoms with E-state index < -0.39 is 11.4 Å². The van der Waals surface area contributed by atoms with E-state index >= 15 is 0 Å². The first-order valence-electron chi connectivity index (χ1n) is 13.8. The van der Waals surface area contributed by atoms with Crippen molar-refractivity contribution in [2.45, 2.75) is 119 Å². The number of allylic oxidation sites excluding steroid dienone is 2. The second kappa shape index (κ2) is 6.89. The Bertz CT molecular complexity index is 889. The number of aliphatic carboxylic acids is 1. The second-order valence-electron chi connectivity index (χ2n) is 14.9. The van der Waals surface area contributed by atoms with Crippen molar-refractivity contribution in [2.24, 2.45) is 50.2 Å². The lowest BCUT2D eigenvalue weighted by Crippen LogP contribution is -2.64. The quantitative estimate of drug-likeness (QED) is 0.409. The molecule has 3 unspecified atom stereocenters. The van der Waals surface area contributed by atoms with Crippen LogP contribution in [0.15, 0.2) is 11.6 Å². The van der Waals surface area contributed by atoms with E-state index in [2.05, 4.69) is 47.6 Å². The van der Waals surface area contributed by atoms with E-state index in [9.17, 15) is 15.0 Å². The molecule has 0 aromatic heterocycles. The number of carboxylic acids is 1. The molecule has 5 aliphatic carbocycles. The van der Waals surface area contributed by atoms with Gasteiger partial charge in [0.2, 0.25) is 0 Å². The normalized spacial score (nSPS) is 55.3. The summed E-state index contributed by atoms with van der Waals surface area (Å²) in [7, 11) is 0. The van der Waals surface area contributed by atoms with Crippen LogP contribution in [0.2, 0.25) is 0 Å². The van der Waals surface area contributed by atoms with E-state index in [-0.39, 0.29) is 33.2 Å². The fourth-order valence-electron chi connectivity index (χ4n) is 10.5. The molecular weight excluding hydrogens is 408 g/mol. The molecule has 0 aliphatic heterocycles. The number of carbonyl (C=O) groups is 1. The first-order chi connectivity index (χ1) is 15.1. The second-order valence-corrected chi connectivity index (χ2v) is 14.9. The average molecular weight is 457 g/mol. The van der Waals surface area contributed by atoms with Gasteiger partial charge in [-0.15, -0.1) is 0 Å². The maximum Gasteiger partial charge on any atom is 0.309 e. The zero-order valence-electron chi connectivity index (χ0n) is 22.3. The van der Waals surface area contributed by atoms with Crippen molar-refractivity contribution in [3.8, 4) is 0 Å². The first kappa shape index (κ1) is 23.9. The lowest BCUT2D eigenvalue weighted by atomic mass is 9.33. The summed E-state index contributed by atoms with van der Waals surface area (Å²) in [6.07, 6.45) is 13.2. The summed E-state index contributed by atoms with van der Waals surface area (Å²) in [5.41, 5.74) is 1.94. The molecule has 0 saturated heterocycles. The lowest BCUT2D eigenvalue weighted by Gasteiger charge is -2.71. The molecule has 33 heavy (non-hydrogen) atoms. The van der Waals surface area contributed by atoms with Gasteiger partial charge in [-0.1, -0.05) is 53.2 Å². The molecule has 0 amide bonds. The fourth-order valence-corrected chi connectivity index (χ4v) is 10.5. The minimum Gasteiger partial charge on any atom is -0.481 e. The molecule has 0 heterocycles. The van der Waals surface area contributed by atoms with E-state index in [1.54, 1.807) is 5.57 Å². The zero-order chi connectivity index (χ0) is 24.2. The highest BCUT2D eigenvalue weighted by molar-refractivity contribution is 5.74. The highest BCUT2D eigenvalue weighted by Gasteiger charge is 2.68. The van der Waals surface area contributed by atoms with Gasteiger partial charge in [0.15, 0.2) is 0 Å². The van der Waals surface area contributed by atoms with Crippen LogP contribution in [0, 0.1) is 50.2 Å². The summed E-state index contributed by atoms with van der Waals surface area (Å²) in [6, 6.07) is 0. The van der Waals surface area contributed by atoms with Crippen molar-refractivity contribution in [1.29, 1.82) is 0 Å². The van der Waals surface area contributed by atoms with Gasteiger partial charge in [0, 0.05) is 0 Å². The molecule has 5 aliphatic rings. The zero-order valence-corrected chi connectivity index (χ0v) is 22.3. The van der Waals surface area contributed by atoms with E-state index in [0.29, 0.717) is 17.8 Å². The van der Waals surface area contributed by atoms with Crippen LogP contribution < -0.4 is 0 Å². The number of rotatable bonds is 1. The molecule has 4 fully saturated rings. The lowest BCUT2D eigenvalue weighted by molar-refractivity contribution is -0.203. The van der Waals surface area contributed by atoms with E-state index in [0.717, 1.165) is 38.5 Å². The Morgan fingerprint density at radius 3 is 2.21 bits per heavy atom. The molecule has 9 atom stereocenters. The van der Waals surface area contributed by atoms with Crippen molar-refractivity contribution in [1.82, 2.24) is 0 Å². The number of aliphatic hydroxyl groups is 1. The molecule has 3 heteroatoms. The molecule has 0 bridgehead atoms. The molecule has 0 radical (unpaired) electrons. The fraction of sp³-hybridized carbons (Fsp3) is 0.900. The molecular formula is C30H48O3. The predicted octanol–water partition coefficient (Wildman–Crippen LogP) is 7.23. The Kier molecular flexibility index (Phi) is 4.99. The molecule has 5 rings (SSSR count). The Labute approximate surface area is 201 Å². The van der Waals surface area contributed by atoms with E-state index in [1.165, 1.54) is 25.7 Å². The van der Waals surface area contributed by atoms with Crippen LogP contribution in [0.5, 0.6) is 0 Å². The predicted molar refractivity (Wildman–Crippen MR) is 133 cm³/mol. The van der Waals surface area contributed by atoms with Crippen LogP contribution in [-0.2, 0) is 4.79 Å². The molecule has 0 aromatic carbocycles. The van der Waals surface area contributed by atoms with Gasteiger partial charge in [0.1, 0.15) is 0 Å². The largest absolute Gasteiger partial charge is 0.481 e. The molecule has 0 aromatic rings. The molecule has 4 saturated carbocycles. The topological polar surface area (TPSA) is 57.5 Å². The Balaban J connectivity index is 1.57. The molecule has 2 N–H and O–H groups in total. The minimum absolute atomic E-state index is 0.0168. The van der Waals surface area contributed by atoms with Crippen molar-refractivity contribution in [3.63, 3.8) is 0 Å². The monoisotopic (exact) mass is 456 g/mol. The standard InChI is InChI=1S/C30H48O3/c1-25(2)21-10-13-30(7)22(28(21,5)12-11-23(25)31)9-8-19-20-18-27(4,24(32)33)15-14-26(20,3)16-17-29(19,30)6/h8,20-23,31H,9-18H2,1-7H3,(H,32,33)/t20?,21?,22?,23-,26+,27-,28-,29-,30+/m0/s1. The van der Waals surface area contributed by atoms with Gasteiger partial charge in [-0.05, 0) is 116 Å². The Hall–Kier alpha value is -0.830. The SMILES string of the molecule is CC1(C)C2CC[C@]3(C)C(CC=C4C5C[C@@](C)(C(=O)O)CC[C@]5(C)CC[C@@]43C)[C@@]2(C)CC[C@@H]1O. The minimum atomic E-state index is -0.603. The first-order valence-corrected chi connectivity index (χ1v) is 13.8. The smallest absolute Gasteiger partial charge is 0.309 e. The van der Waals surface area contributed by atoms with Crippen molar-refractivity contribution in [3.05, 3.63) is 11.6 Å². The van der Waals surface area contributed by atoms with Gasteiger partial charge < -0.3 is 10.2 Å². The van der Waals surface area contributed by atoms with Gasteiger partial charge >= 0.3 is 5.97 Å². The van der Waals surface area contributed by atoms with Crippen LogP contribution in [0.1, 0.15) is 113 Å². The molecule has 186 valence electrons. The summed E-state index contributed by atoms with van der Waals surface area (Å²) in [5.74, 6) is 1.01. The van der Waals surface area contributed by atoms with Crippen molar-refractivity contribution < 1.29 is 15.0 Å². The highest BCUT2D eigenvalue weighted by atomic mass is 16.4. The Morgan fingerprint density at radius 1 is 0.879 bits per heavy atom. The van der Waals surface area contributed by atoms with Gasteiger partial charge in [-0.3, -0.25) is 4.79 Å². The molecule has 3 nitrogen and oxygen atoms in total. The summed E-state index contributed by atoms with van der Waals surface area (Å²) < 4.78 is 0. The van der Waals surface area contributed by atoms with Crippen molar-refractivity contribution in [2.75, 3.05) is 0 Å². The third-order valence-corrected chi connectivity index (χ3v) is 13.3. The third-order valence-electron chi connectivity index (χ3n) is 13.3. The average Bonchev–Trinajstić information content (AvgIpc) is 2.73. The summed E-state index contributed by atoms with van der Waals surface area (Å²) in [4.78, 5) is 12.2. The number of carboxylic acid groups (broad SMARTS) is 1. The summed E-state index contributed by atoms with van der Waals surface area (Å²) >= 11 is 0. The number of hydrogen-bond donors (Lipinski definition) is 2. The molecule has 0 spiro atoms. The number of aliphatic hydroxyl groups excluding tert-OH is 1. The maximum absolute atomic E-state index is 12.2. The van der Waals surface area contributed by atoms with Crippen LogP contribution in [-0.4, -0.2) is 22.3 Å². The van der Waals surface area contributed by atoms with Gasteiger partial charge in [0.05, 0.1) is 11.5 Å².